The van der Waals surface area contributed by atoms with Crippen LogP contribution < -0.4 is 10.1 Å². The highest BCUT2D eigenvalue weighted by Crippen LogP contribution is 2.18. The molecule has 0 amide bonds. The van der Waals surface area contributed by atoms with Crippen LogP contribution >= 0.6 is 0 Å². The van der Waals surface area contributed by atoms with Crippen LogP contribution in [0.4, 0.5) is 0 Å². The van der Waals surface area contributed by atoms with Gasteiger partial charge in [0, 0.05) is 25.0 Å². The Kier molecular flexibility index (Phi) is 5.81. The molecule has 2 aromatic rings. The maximum absolute atomic E-state index is 5.70. The van der Waals surface area contributed by atoms with E-state index >= 15 is 0 Å². The molecular formula is C17H25N3O. The zero-order valence-electron chi connectivity index (χ0n) is 13.1. The monoisotopic (exact) mass is 287 g/mol. The SMILES string of the molecule is CC(C)COc1ccc(C(C)NCCn2cccn2)cc1. The summed E-state index contributed by atoms with van der Waals surface area (Å²) >= 11 is 0. The Morgan fingerprint density at radius 1 is 1.19 bits per heavy atom. The van der Waals surface area contributed by atoms with Crippen molar-refractivity contribution >= 4 is 0 Å². The number of nitrogens with one attached hydrogen (secondary N) is 1. The average molecular weight is 287 g/mol. The molecule has 1 heterocycles. The van der Waals surface area contributed by atoms with E-state index in [0.29, 0.717) is 12.0 Å². The van der Waals surface area contributed by atoms with Crippen molar-refractivity contribution in [3.05, 3.63) is 48.3 Å². The first-order valence-corrected chi connectivity index (χ1v) is 7.58. The summed E-state index contributed by atoms with van der Waals surface area (Å²) in [5.41, 5.74) is 1.27. The van der Waals surface area contributed by atoms with Crippen molar-refractivity contribution in [2.45, 2.75) is 33.4 Å². The molecule has 1 aromatic carbocycles. The van der Waals surface area contributed by atoms with Gasteiger partial charge in [0.05, 0.1) is 13.2 Å². The van der Waals surface area contributed by atoms with Crippen LogP contribution in [0, 0.1) is 5.92 Å². The molecule has 0 fully saturated rings. The van der Waals surface area contributed by atoms with Crippen LogP contribution in [0.3, 0.4) is 0 Å². The summed E-state index contributed by atoms with van der Waals surface area (Å²) < 4.78 is 7.63. The van der Waals surface area contributed by atoms with Crippen molar-refractivity contribution < 1.29 is 4.74 Å². The van der Waals surface area contributed by atoms with E-state index in [4.69, 9.17) is 4.74 Å². The zero-order valence-corrected chi connectivity index (χ0v) is 13.1. The Hall–Kier alpha value is -1.81. The molecule has 0 aliphatic carbocycles. The summed E-state index contributed by atoms with van der Waals surface area (Å²) in [4.78, 5) is 0. The van der Waals surface area contributed by atoms with Gasteiger partial charge < -0.3 is 10.1 Å². The summed E-state index contributed by atoms with van der Waals surface area (Å²) in [6, 6.07) is 10.6. The molecule has 0 saturated heterocycles. The highest BCUT2D eigenvalue weighted by atomic mass is 16.5. The van der Waals surface area contributed by atoms with Crippen LogP contribution in [-0.4, -0.2) is 22.9 Å². The Morgan fingerprint density at radius 2 is 1.95 bits per heavy atom. The maximum Gasteiger partial charge on any atom is 0.119 e. The number of benzene rings is 1. The summed E-state index contributed by atoms with van der Waals surface area (Å²) in [6.45, 7) is 9.02. The zero-order chi connectivity index (χ0) is 15.1. The predicted molar refractivity (Wildman–Crippen MR) is 85.4 cm³/mol. The molecule has 2 rings (SSSR count). The summed E-state index contributed by atoms with van der Waals surface area (Å²) in [5.74, 6) is 1.49. The molecule has 1 atom stereocenters. The Bertz CT molecular complexity index is 505. The molecule has 114 valence electrons. The largest absolute Gasteiger partial charge is 0.493 e. The predicted octanol–water partition coefficient (Wildman–Crippen LogP) is 3.27. The number of hydrogen-bond donors (Lipinski definition) is 1. The first kappa shape index (κ1) is 15.6. The van der Waals surface area contributed by atoms with Gasteiger partial charge in [0.15, 0.2) is 0 Å². The molecule has 4 nitrogen and oxygen atoms in total. The lowest BCUT2D eigenvalue weighted by molar-refractivity contribution is 0.271. The van der Waals surface area contributed by atoms with E-state index < -0.39 is 0 Å². The molecule has 0 aliphatic heterocycles. The van der Waals surface area contributed by atoms with Crippen LogP contribution in [-0.2, 0) is 6.54 Å². The van der Waals surface area contributed by atoms with Gasteiger partial charge in [0.2, 0.25) is 0 Å². The minimum Gasteiger partial charge on any atom is -0.493 e. The van der Waals surface area contributed by atoms with Gasteiger partial charge in [0.25, 0.3) is 0 Å². The first-order chi connectivity index (χ1) is 10.1. The van der Waals surface area contributed by atoms with Gasteiger partial charge in [-0.1, -0.05) is 26.0 Å². The number of rotatable bonds is 8. The van der Waals surface area contributed by atoms with Crippen molar-refractivity contribution in [2.75, 3.05) is 13.2 Å². The molecule has 0 radical (unpaired) electrons. The lowest BCUT2D eigenvalue weighted by Crippen LogP contribution is -2.23. The summed E-state index contributed by atoms with van der Waals surface area (Å²) in [5, 5.41) is 7.70. The molecule has 0 saturated carbocycles. The topological polar surface area (TPSA) is 39.1 Å². The molecule has 0 spiro atoms. The summed E-state index contributed by atoms with van der Waals surface area (Å²) in [6.07, 6.45) is 3.78. The fraction of sp³-hybridized carbons (Fsp3) is 0.471. The normalized spacial score (nSPS) is 12.6. The molecule has 1 N–H and O–H groups in total. The lowest BCUT2D eigenvalue weighted by atomic mass is 10.1. The average Bonchev–Trinajstić information content (AvgIpc) is 2.99. The van der Waals surface area contributed by atoms with Crippen LogP contribution in [0.1, 0.15) is 32.4 Å². The molecule has 1 unspecified atom stereocenters. The van der Waals surface area contributed by atoms with Gasteiger partial charge in [-0.3, -0.25) is 4.68 Å². The second-order valence-electron chi connectivity index (χ2n) is 5.72. The second kappa shape index (κ2) is 7.84. The van der Waals surface area contributed by atoms with Gasteiger partial charge in [-0.2, -0.15) is 5.10 Å². The van der Waals surface area contributed by atoms with Gasteiger partial charge in [-0.05, 0) is 36.6 Å². The standard InChI is InChI=1S/C17H25N3O/c1-14(2)13-21-17-7-5-16(6-8-17)15(3)18-10-12-20-11-4-9-19-20/h4-9,11,14-15,18H,10,12-13H2,1-3H3. The van der Waals surface area contributed by atoms with E-state index in [1.807, 2.05) is 29.1 Å². The van der Waals surface area contributed by atoms with Crippen LogP contribution in [0.15, 0.2) is 42.7 Å². The fourth-order valence-corrected chi connectivity index (χ4v) is 2.06. The van der Waals surface area contributed by atoms with Gasteiger partial charge in [0.1, 0.15) is 5.75 Å². The lowest BCUT2D eigenvalue weighted by Gasteiger charge is -2.15. The smallest absolute Gasteiger partial charge is 0.119 e. The van der Waals surface area contributed by atoms with Gasteiger partial charge in [-0.15, -0.1) is 0 Å². The quantitative estimate of drug-likeness (QED) is 0.810. The second-order valence-corrected chi connectivity index (χ2v) is 5.72. The molecule has 0 aliphatic rings. The molecule has 1 aromatic heterocycles. The summed E-state index contributed by atoms with van der Waals surface area (Å²) in [7, 11) is 0. The highest BCUT2D eigenvalue weighted by molar-refractivity contribution is 5.28. The molecule has 0 bridgehead atoms. The van der Waals surface area contributed by atoms with Gasteiger partial charge >= 0.3 is 0 Å². The highest BCUT2D eigenvalue weighted by Gasteiger charge is 2.05. The van der Waals surface area contributed by atoms with Crippen molar-refractivity contribution in [2.24, 2.45) is 5.92 Å². The van der Waals surface area contributed by atoms with Gasteiger partial charge in [-0.25, -0.2) is 0 Å². The van der Waals surface area contributed by atoms with Crippen molar-refractivity contribution in [1.29, 1.82) is 0 Å². The minimum atomic E-state index is 0.319. The number of aromatic nitrogens is 2. The van der Waals surface area contributed by atoms with Crippen LogP contribution in [0.2, 0.25) is 0 Å². The van der Waals surface area contributed by atoms with Crippen molar-refractivity contribution in [1.82, 2.24) is 15.1 Å². The fourth-order valence-electron chi connectivity index (χ4n) is 2.06. The minimum absolute atomic E-state index is 0.319. The van der Waals surface area contributed by atoms with E-state index in [-0.39, 0.29) is 0 Å². The van der Waals surface area contributed by atoms with E-state index in [1.165, 1.54) is 5.56 Å². The molecule has 21 heavy (non-hydrogen) atoms. The maximum atomic E-state index is 5.70. The van der Waals surface area contributed by atoms with Crippen molar-refractivity contribution in [3.8, 4) is 5.75 Å². The third-order valence-corrected chi connectivity index (χ3v) is 3.31. The Labute approximate surface area is 127 Å². The third-order valence-electron chi connectivity index (χ3n) is 3.31. The van der Waals surface area contributed by atoms with Crippen LogP contribution in [0.5, 0.6) is 5.75 Å². The van der Waals surface area contributed by atoms with E-state index in [0.717, 1.165) is 25.4 Å². The van der Waals surface area contributed by atoms with E-state index in [1.54, 1.807) is 6.20 Å². The Morgan fingerprint density at radius 3 is 2.57 bits per heavy atom. The molecular weight excluding hydrogens is 262 g/mol. The number of hydrogen-bond acceptors (Lipinski definition) is 3. The number of nitrogens with zero attached hydrogens (tertiary/aromatic N) is 2. The van der Waals surface area contributed by atoms with E-state index in [9.17, 15) is 0 Å². The Balaban J connectivity index is 1.77. The van der Waals surface area contributed by atoms with E-state index in [2.05, 4.69) is 43.3 Å². The van der Waals surface area contributed by atoms with Crippen LogP contribution in [0.25, 0.3) is 0 Å². The third kappa shape index (κ3) is 5.23. The number of ether oxygens (including phenoxy) is 1. The molecule has 4 heteroatoms. The van der Waals surface area contributed by atoms with Crippen molar-refractivity contribution in [3.63, 3.8) is 0 Å². The first-order valence-electron chi connectivity index (χ1n) is 7.58.